The normalized spacial score (nSPS) is 22.8. The number of aromatic nitrogens is 3. The number of nitrogens with zero attached hydrogens (tertiary/aromatic N) is 3. The van der Waals surface area contributed by atoms with Gasteiger partial charge in [0.15, 0.2) is 0 Å². The molecule has 0 radical (unpaired) electrons. The van der Waals surface area contributed by atoms with E-state index >= 15 is 0 Å². The minimum absolute atomic E-state index is 0.339. The highest BCUT2D eigenvalue weighted by atomic mass is 16.5. The van der Waals surface area contributed by atoms with Crippen molar-refractivity contribution < 1.29 is 4.74 Å². The molecule has 0 bridgehead atoms. The van der Waals surface area contributed by atoms with E-state index in [-0.39, 0.29) is 0 Å². The molecule has 1 saturated carbocycles. The fraction of sp³-hybridized carbons (Fsp3) is 0.727. The van der Waals surface area contributed by atoms with Crippen LogP contribution in [0.4, 0.5) is 11.9 Å². The number of anilines is 2. The van der Waals surface area contributed by atoms with E-state index in [9.17, 15) is 0 Å². The van der Waals surface area contributed by atoms with Crippen LogP contribution >= 0.6 is 0 Å². The van der Waals surface area contributed by atoms with Crippen LogP contribution in [0.3, 0.4) is 0 Å². The van der Waals surface area contributed by atoms with Crippen molar-refractivity contribution in [2.24, 2.45) is 5.92 Å². The molecule has 1 fully saturated rings. The molecule has 1 aliphatic carbocycles. The summed E-state index contributed by atoms with van der Waals surface area (Å²) >= 11 is 0. The Kier molecular flexibility index (Phi) is 3.61. The summed E-state index contributed by atoms with van der Waals surface area (Å²) in [5.41, 5.74) is 0. The molecule has 0 unspecified atom stereocenters. The Labute approximate surface area is 101 Å². The van der Waals surface area contributed by atoms with E-state index in [1.165, 1.54) is 12.8 Å². The smallest absolute Gasteiger partial charge is 0.322 e. The molecule has 1 aromatic heterocycles. The van der Waals surface area contributed by atoms with E-state index in [1.807, 2.05) is 6.92 Å². The third-order valence-electron chi connectivity index (χ3n) is 2.84. The van der Waals surface area contributed by atoms with Crippen molar-refractivity contribution in [1.29, 1.82) is 0 Å². The SMILES string of the molecule is CCNc1nc(NC2CC(C)C2)nc(OC)n1. The summed E-state index contributed by atoms with van der Waals surface area (Å²) in [7, 11) is 1.56. The Morgan fingerprint density at radius 2 is 1.94 bits per heavy atom. The summed E-state index contributed by atoms with van der Waals surface area (Å²) in [6.45, 7) is 5.01. The lowest BCUT2D eigenvalue weighted by Crippen LogP contribution is -2.34. The lowest BCUT2D eigenvalue weighted by atomic mass is 9.82. The number of hydrogen-bond donors (Lipinski definition) is 2. The van der Waals surface area contributed by atoms with Gasteiger partial charge in [0.2, 0.25) is 11.9 Å². The molecule has 6 heteroatoms. The van der Waals surface area contributed by atoms with Gasteiger partial charge in [-0.1, -0.05) is 6.92 Å². The van der Waals surface area contributed by atoms with Gasteiger partial charge < -0.3 is 15.4 Å². The second kappa shape index (κ2) is 5.16. The summed E-state index contributed by atoms with van der Waals surface area (Å²) in [6, 6.07) is 0.817. The molecule has 1 heterocycles. The molecule has 2 N–H and O–H groups in total. The van der Waals surface area contributed by atoms with Crippen molar-refractivity contribution in [1.82, 2.24) is 15.0 Å². The fourth-order valence-corrected chi connectivity index (χ4v) is 1.95. The van der Waals surface area contributed by atoms with Gasteiger partial charge in [-0.3, -0.25) is 0 Å². The molecule has 0 spiro atoms. The molecule has 1 aromatic rings. The summed E-state index contributed by atoms with van der Waals surface area (Å²) in [5.74, 6) is 1.93. The first-order chi connectivity index (χ1) is 8.21. The highest BCUT2D eigenvalue weighted by Gasteiger charge is 2.26. The van der Waals surface area contributed by atoms with Crippen LogP contribution in [0.15, 0.2) is 0 Å². The van der Waals surface area contributed by atoms with Crippen molar-refractivity contribution in [2.45, 2.75) is 32.7 Å². The van der Waals surface area contributed by atoms with E-state index < -0.39 is 0 Å². The third kappa shape index (κ3) is 2.95. The predicted octanol–water partition coefficient (Wildman–Crippen LogP) is 1.52. The molecule has 17 heavy (non-hydrogen) atoms. The second-order valence-corrected chi connectivity index (χ2v) is 4.42. The van der Waals surface area contributed by atoms with Crippen molar-refractivity contribution in [2.75, 3.05) is 24.3 Å². The van der Waals surface area contributed by atoms with E-state index in [0.717, 1.165) is 12.5 Å². The predicted molar refractivity (Wildman–Crippen MR) is 66.4 cm³/mol. The van der Waals surface area contributed by atoms with Gasteiger partial charge in [-0.05, 0) is 25.7 Å². The molecule has 0 atom stereocenters. The number of nitrogens with one attached hydrogen (secondary N) is 2. The van der Waals surface area contributed by atoms with Crippen molar-refractivity contribution in [3.05, 3.63) is 0 Å². The van der Waals surface area contributed by atoms with Crippen LogP contribution in [0.5, 0.6) is 6.01 Å². The highest BCUT2D eigenvalue weighted by Crippen LogP contribution is 2.28. The van der Waals surface area contributed by atoms with Gasteiger partial charge in [-0.25, -0.2) is 0 Å². The molecule has 94 valence electrons. The van der Waals surface area contributed by atoms with Gasteiger partial charge in [0.25, 0.3) is 0 Å². The third-order valence-corrected chi connectivity index (χ3v) is 2.84. The van der Waals surface area contributed by atoms with Gasteiger partial charge in [0.05, 0.1) is 7.11 Å². The molecule has 6 nitrogen and oxygen atoms in total. The zero-order valence-corrected chi connectivity index (χ0v) is 10.5. The molecular formula is C11H19N5O. The van der Waals surface area contributed by atoms with Crippen LogP contribution in [-0.4, -0.2) is 34.6 Å². The van der Waals surface area contributed by atoms with E-state index in [0.29, 0.717) is 23.9 Å². The van der Waals surface area contributed by atoms with Crippen LogP contribution in [0, 0.1) is 5.92 Å². The zero-order valence-electron chi connectivity index (χ0n) is 10.5. The van der Waals surface area contributed by atoms with Crippen molar-refractivity contribution in [3.63, 3.8) is 0 Å². The Morgan fingerprint density at radius 1 is 1.24 bits per heavy atom. The minimum Gasteiger partial charge on any atom is -0.467 e. The first-order valence-corrected chi connectivity index (χ1v) is 6.01. The Bertz CT molecular complexity index is 378. The van der Waals surface area contributed by atoms with E-state index in [1.54, 1.807) is 7.11 Å². The first kappa shape index (κ1) is 11.9. The Balaban J connectivity index is 2.06. The number of ether oxygens (including phenoxy) is 1. The first-order valence-electron chi connectivity index (χ1n) is 6.01. The molecule has 0 amide bonds. The summed E-state index contributed by atoms with van der Waals surface area (Å²) in [5, 5.41) is 6.36. The van der Waals surface area contributed by atoms with Crippen LogP contribution in [0.25, 0.3) is 0 Å². The maximum atomic E-state index is 5.05. The minimum atomic E-state index is 0.339. The quantitative estimate of drug-likeness (QED) is 0.809. The topological polar surface area (TPSA) is 72.0 Å². The lowest BCUT2D eigenvalue weighted by Gasteiger charge is -2.33. The van der Waals surface area contributed by atoms with Crippen LogP contribution < -0.4 is 15.4 Å². The average molecular weight is 237 g/mol. The molecule has 0 aromatic carbocycles. The number of methoxy groups -OCH3 is 1. The van der Waals surface area contributed by atoms with Gasteiger partial charge in [0, 0.05) is 12.6 Å². The molecular weight excluding hydrogens is 218 g/mol. The van der Waals surface area contributed by atoms with Gasteiger partial charge >= 0.3 is 6.01 Å². The molecule has 1 aliphatic rings. The highest BCUT2D eigenvalue weighted by molar-refractivity contribution is 5.36. The summed E-state index contributed by atoms with van der Waals surface area (Å²) in [6.07, 6.45) is 2.34. The van der Waals surface area contributed by atoms with Gasteiger partial charge in [0.1, 0.15) is 0 Å². The Morgan fingerprint density at radius 3 is 2.53 bits per heavy atom. The van der Waals surface area contributed by atoms with Crippen LogP contribution in [0.2, 0.25) is 0 Å². The standard InChI is InChI=1S/C11H19N5O/c1-4-12-9-14-10(16-11(15-9)17-3)13-8-5-7(2)6-8/h7-8H,4-6H2,1-3H3,(H2,12,13,14,15,16). The van der Waals surface area contributed by atoms with E-state index in [4.69, 9.17) is 4.74 Å². The van der Waals surface area contributed by atoms with Crippen molar-refractivity contribution in [3.8, 4) is 6.01 Å². The maximum Gasteiger partial charge on any atom is 0.322 e. The monoisotopic (exact) mass is 237 g/mol. The Hall–Kier alpha value is -1.59. The zero-order chi connectivity index (χ0) is 12.3. The summed E-state index contributed by atoms with van der Waals surface area (Å²) < 4.78 is 5.05. The maximum absolute atomic E-state index is 5.05. The van der Waals surface area contributed by atoms with Gasteiger partial charge in [-0.15, -0.1) is 0 Å². The lowest BCUT2D eigenvalue weighted by molar-refractivity contribution is 0.307. The average Bonchev–Trinajstić information content (AvgIpc) is 2.27. The van der Waals surface area contributed by atoms with Crippen LogP contribution in [0.1, 0.15) is 26.7 Å². The summed E-state index contributed by atoms with van der Waals surface area (Å²) in [4.78, 5) is 12.6. The van der Waals surface area contributed by atoms with E-state index in [2.05, 4.69) is 32.5 Å². The molecule has 0 saturated heterocycles. The second-order valence-electron chi connectivity index (χ2n) is 4.42. The number of rotatable bonds is 5. The molecule has 0 aliphatic heterocycles. The van der Waals surface area contributed by atoms with Crippen molar-refractivity contribution >= 4 is 11.9 Å². The van der Waals surface area contributed by atoms with Gasteiger partial charge in [-0.2, -0.15) is 15.0 Å². The largest absolute Gasteiger partial charge is 0.467 e. The fourth-order valence-electron chi connectivity index (χ4n) is 1.95. The van der Waals surface area contributed by atoms with Crippen LogP contribution in [-0.2, 0) is 0 Å². The molecule has 2 rings (SSSR count). The number of hydrogen-bond acceptors (Lipinski definition) is 6.